The van der Waals surface area contributed by atoms with Crippen LogP contribution in [0.5, 0.6) is 0 Å². The number of carbonyl (C=O) groups excluding carboxylic acids is 1. The van der Waals surface area contributed by atoms with Crippen molar-refractivity contribution in [2.24, 2.45) is 5.73 Å². The third kappa shape index (κ3) is 7.05. The van der Waals surface area contributed by atoms with Gasteiger partial charge in [-0.15, -0.1) is 0 Å². The molecule has 0 heterocycles. The fourth-order valence-corrected chi connectivity index (χ4v) is 1.32. The van der Waals surface area contributed by atoms with Gasteiger partial charge in [0.15, 0.2) is 5.96 Å². The fraction of sp³-hybridized carbons (Fsp3) is 0.800. The van der Waals surface area contributed by atoms with E-state index in [2.05, 4.69) is 10.6 Å². The van der Waals surface area contributed by atoms with Crippen molar-refractivity contribution in [3.05, 3.63) is 0 Å². The summed E-state index contributed by atoms with van der Waals surface area (Å²) in [6, 6.07) is -0.265. The van der Waals surface area contributed by atoms with Crippen molar-refractivity contribution in [1.82, 2.24) is 10.6 Å². The summed E-state index contributed by atoms with van der Waals surface area (Å²) in [6.45, 7) is 5.45. The number of likely N-dealkylation sites (N-methyl/N-ethyl adjacent to an activating group) is 1. The average Bonchev–Trinajstić information content (AvgIpc) is 2.22. The van der Waals surface area contributed by atoms with Crippen molar-refractivity contribution in [1.29, 1.82) is 5.41 Å². The van der Waals surface area contributed by atoms with Crippen molar-refractivity contribution in [3.63, 3.8) is 0 Å². The van der Waals surface area contributed by atoms with E-state index in [1.165, 1.54) is 0 Å². The van der Waals surface area contributed by atoms with E-state index in [4.69, 9.17) is 15.9 Å². The Bertz CT molecular complexity index is 221. The molecular formula is C10H22N4O2. The van der Waals surface area contributed by atoms with Gasteiger partial charge in [0.2, 0.25) is 0 Å². The Balaban J connectivity index is 3.84. The van der Waals surface area contributed by atoms with E-state index in [-0.39, 0.29) is 18.0 Å². The monoisotopic (exact) mass is 230 g/mol. The highest BCUT2D eigenvalue weighted by Gasteiger charge is 2.17. The molecule has 0 radical (unpaired) electrons. The molecule has 0 bridgehead atoms. The van der Waals surface area contributed by atoms with Crippen molar-refractivity contribution >= 4 is 11.9 Å². The molecule has 0 fully saturated rings. The summed E-state index contributed by atoms with van der Waals surface area (Å²) >= 11 is 0. The fourth-order valence-electron chi connectivity index (χ4n) is 1.32. The molecule has 6 nitrogen and oxygen atoms in total. The SMILES string of the molecule is CCN[C@@H](CCCNC(=N)N)C(=O)OCC. The summed E-state index contributed by atoms with van der Waals surface area (Å²) in [5.74, 6) is -0.261. The van der Waals surface area contributed by atoms with E-state index < -0.39 is 0 Å². The third-order valence-electron chi connectivity index (χ3n) is 2.01. The molecule has 0 aromatic heterocycles. The summed E-state index contributed by atoms with van der Waals surface area (Å²) in [6.07, 6.45) is 1.43. The zero-order valence-corrected chi connectivity index (χ0v) is 10.0. The highest BCUT2D eigenvalue weighted by molar-refractivity contribution is 5.75. The van der Waals surface area contributed by atoms with Crippen LogP contribution >= 0.6 is 0 Å². The summed E-state index contributed by atoms with van der Waals surface area (Å²) in [5.41, 5.74) is 5.14. The largest absolute Gasteiger partial charge is 0.465 e. The van der Waals surface area contributed by atoms with Crippen LogP contribution in [0.15, 0.2) is 0 Å². The maximum absolute atomic E-state index is 11.5. The van der Waals surface area contributed by atoms with Crippen molar-refractivity contribution < 1.29 is 9.53 Å². The molecule has 0 aliphatic carbocycles. The van der Waals surface area contributed by atoms with Crippen LogP contribution in [0.2, 0.25) is 0 Å². The Morgan fingerprint density at radius 2 is 2.19 bits per heavy atom. The minimum absolute atomic E-state index is 0.0452. The zero-order chi connectivity index (χ0) is 12.4. The molecule has 0 aliphatic rings. The molecule has 1 atom stereocenters. The topological polar surface area (TPSA) is 100 Å². The number of hydrogen-bond acceptors (Lipinski definition) is 4. The first kappa shape index (κ1) is 14.7. The second-order valence-corrected chi connectivity index (χ2v) is 3.34. The van der Waals surface area contributed by atoms with Crippen LogP contribution in [0.4, 0.5) is 0 Å². The Kier molecular flexibility index (Phi) is 8.24. The van der Waals surface area contributed by atoms with Gasteiger partial charge in [0.25, 0.3) is 0 Å². The van der Waals surface area contributed by atoms with Gasteiger partial charge in [0, 0.05) is 6.54 Å². The first-order chi connectivity index (χ1) is 7.61. The van der Waals surface area contributed by atoms with Crippen LogP contribution in [0.3, 0.4) is 0 Å². The molecule has 0 aliphatic heterocycles. The Morgan fingerprint density at radius 3 is 2.69 bits per heavy atom. The van der Waals surface area contributed by atoms with Crippen LogP contribution in [0, 0.1) is 5.41 Å². The van der Waals surface area contributed by atoms with Crippen LogP contribution < -0.4 is 16.4 Å². The standard InChI is InChI=1S/C10H22N4O2/c1-3-13-8(9(15)16-4-2)6-5-7-14-10(11)12/h8,13H,3-7H2,1-2H3,(H4,11,12,14)/t8-/m0/s1. The third-order valence-corrected chi connectivity index (χ3v) is 2.01. The molecule has 0 saturated carbocycles. The second-order valence-electron chi connectivity index (χ2n) is 3.34. The molecule has 0 amide bonds. The van der Waals surface area contributed by atoms with Crippen molar-refractivity contribution in [2.75, 3.05) is 19.7 Å². The summed E-state index contributed by atoms with van der Waals surface area (Å²) in [5, 5.41) is 12.7. The smallest absolute Gasteiger partial charge is 0.323 e. The maximum atomic E-state index is 11.5. The number of ether oxygens (including phenoxy) is 1. The first-order valence-corrected chi connectivity index (χ1v) is 5.59. The molecule has 6 heteroatoms. The van der Waals surface area contributed by atoms with E-state index in [1.807, 2.05) is 6.92 Å². The summed E-state index contributed by atoms with van der Waals surface area (Å²) in [4.78, 5) is 11.5. The zero-order valence-electron chi connectivity index (χ0n) is 10.0. The molecule has 0 spiro atoms. The molecule has 0 saturated heterocycles. The van der Waals surface area contributed by atoms with Crippen LogP contribution in [0.1, 0.15) is 26.7 Å². The van der Waals surface area contributed by atoms with Gasteiger partial charge in [-0.1, -0.05) is 6.92 Å². The average molecular weight is 230 g/mol. The molecule has 0 rings (SSSR count). The lowest BCUT2D eigenvalue weighted by Gasteiger charge is -2.16. The number of esters is 1. The molecule has 0 unspecified atom stereocenters. The minimum atomic E-state index is -0.265. The summed E-state index contributed by atoms with van der Waals surface area (Å²) < 4.78 is 4.95. The Morgan fingerprint density at radius 1 is 1.50 bits per heavy atom. The van der Waals surface area contributed by atoms with E-state index >= 15 is 0 Å². The lowest BCUT2D eigenvalue weighted by atomic mass is 10.1. The number of hydrogen-bond donors (Lipinski definition) is 4. The lowest BCUT2D eigenvalue weighted by Crippen LogP contribution is -2.39. The van der Waals surface area contributed by atoms with Gasteiger partial charge in [0.1, 0.15) is 6.04 Å². The molecule has 16 heavy (non-hydrogen) atoms. The second kappa shape index (κ2) is 8.96. The lowest BCUT2D eigenvalue weighted by molar-refractivity contribution is -0.145. The van der Waals surface area contributed by atoms with E-state index in [0.717, 1.165) is 13.0 Å². The predicted octanol–water partition coefficient (Wildman–Crippen LogP) is -0.209. The van der Waals surface area contributed by atoms with Crippen molar-refractivity contribution in [3.8, 4) is 0 Å². The Labute approximate surface area is 96.4 Å². The van der Waals surface area contributed by atoms with Crippen LogP contribution in [-0.4, -0.2) is 37.7 Å². The van der Waals surface area contributed by atoms with Gasteiger partial charge in [-0.2, -0.15) is 0 Å². The number of rotatable bonds is 8. The van der Waals surface area contributed by atoms with Crippen molar-refractivity contribution in [2.45, 2.75) is 32.7 Å². The van der Waals surface area contributed by atoms with Crippen LogP contribution in [0.25, 0.3) is 0 Å². The number of guanidine groups is 1. The van der Waals surface area contributed by atoms with Gasteiger partial charge >= 0.3 is 5.97 Å². The molecule has 0 aromatic rings. The summed E-state index contributed by atoms with van der Waals surface area (Å²) in [7, 11) is 0. The van der Waals surface area contributed by atoms with Gasteiger partial charge in [0.05, 0.1) is 6.61 Å². The van der Waals surface area contributed by atoms with E-state index in [0.29, 0.717) is 19.6 Å². The normalized spacial score (nSPS) is 11.9. The number of carbonyl (C=O) groups is 1. The molecule has 0 aromatic carbocycles. The number of nitrogens with one attached hydrogen (secondary N) is 3. The maximum Gasteiger partial charge on any atom is 0.323 e. The predicted molar refractivity (Wildman–Crippen MR) is 63.2 cm³/mol. The molecule has 5 N–H and O–H groups in total. The van der Waals surface area contributed by atoms with E-state index in [1.54, 1.807) is 6.92 Å². The van der Waals surface area contributed by atoms with E-state index in [9.17, 15) is 4.79 Å². The highest BCUT2D eigenvalue weighted by atomic mass is 16.5. The Hall–Kier alpha value is -1.30. The van der Waals surface area contributed by atoms with Gasteiger partial charge in [-0.25, -0.2) is 0 Å². The van der Waals surface area contributed by atoms with Gasteiger partial charge in [-0.05, 0) is 26.3 Å². The quantitative estimate of drug-likeness (QED) is 0.200. The minimum Gasteiger partial charge on any atom is -0.465 e. The van der Waals surface area contributed by atoms with Gasteiger partial charge < -0.3 is 21.1 Å². The highest BCUT2D eigenvalue weighted by Crippen LogP contribution is 1.99. The number of nitrogens with two attached hydrogens (primary N) is 1. The first-order valence-electron chi connectivity index (χ1n) is 5.59. The molecular weight excluding hydrogens is 208 g/mol. The molecule has 94 valence electrons. The van der Waals surface area contributed by atoms with Gasteiger partial charge in [-0.3, -0.25) is 10.2 Å². The van der Waals surface area contributed by atoms with Crippen LogP contribution in [-0.2, 0) is 9.53 Å².